The Morgan fingerprint density at radius 3 is 1.80 bits per heavy atom. The molecule has 0 unspecified atom stereocenters. The molecule has 0 saturated carbocycles. The fourth-order valence-electron chi connectivity index (χ4n) is 0.859. The van der Waals surface area contributed by atoms with E-state index in [1.165, 1.54) is 0 Å². The molecule has 1 radical (unpaired) electrons. The first-order valence-electron chi connectivity index (χ1n) is 3.62. The van der Waals surface area contributed by atoms with Gasteiger partial charge in [0.1, 0.15) is 0 Å². The predicted molar refractivity (Wildman–Crippen MR) is 42.5 cm³/mol. The topological polar surface area (TPSA) is 79.1 Å². The first-order chi connectivity index (χ1) is 4.85. The molecule has 0 aliphatic carbocycles. The zero-order chi connectivity index (χ0) is 7.82. The smallest absolute Gasteiger partial charge is 0.0228 e. The second-order valence-electron chi connectivity index (χ2n) is 2.17. The van der Waals surface area contributed by atoms with Gasteiger partial charge in [0.05, 0.1) is 0 Å². The molecule has 0 aromatic heterocycles. The standard InChI is InChI=1S/C6H17N4/c7-1-4-10(5-2-8)6-3-9/h7H,1-6,8-9H2. The van der Waals surface area contributed by atoms with Crippen LogP contribution in [0.15, 0.2) is 0 Å². The molecule has 5 N–H and O–H groups in total. The van der Waals surface area contributed by atoms with Crippen molar-refractivity contribution in [3.8, 4) is 0 Å². The maximum Gasteiger partial charge on any atom is 0.0228 e. The number of hydrogen-bond acceptors (Lipinski definition) is 3. The summed E-state index contributed by atoms with van der Waals surface area (Å²) in [6.45, 7) is 4.24. The Labute approximate surface area is 62.3 Å². The molecule has 0 heterocycles. The third-order valence-corrected chi connectivity index (χ3v) is 1.32. The van der Waals surface area contributed by atoms with Gasteiger partial charge < -0.3 is 11.5 Å². The number of hydrogen-bond donors (Lipinski definition) is 2. The van der Waals surface area contributed by atoms with E-state index in [2.05, 4.69) is 4.90 Å². The molecule has 0 aromatic rings. The average molecular weight is 145 g/mol. The van der Waals surface area contributed by atoms with Crippen molar-refractivity contribution in [1.29, 1.82) is 0 Å². The largest absolute Gasteiger partial charge is 0.329 e. The highest BCUT2D eigenvalue weighted by molar-refractivity contribution is 4.58. The van der Waals surface area contributed by atoms with Crippen LogP contribution in [-0.2, 0) is 0 Å². The first-order valence-corrected chi connectivity index (χ1v) is 3.62. The monoisotopic (exact) mass is 145 g/mol. The fourth-order valence-corrected chi connectivity index (χ4v) is 0.859. The molecule has 0 amide bonds. The highest BCUT2D eigenvalue weighted by atomic mass is 15.1. The lowest BCUT2D eigenvalue weighted by Gasteiger charge is -2.18. The van der Waals surface area contributed by atoms with Crippen molar-refractivity contribution in [2.24, 2.45) is 11.5 Å². The third kappa shape index (κ3) is 4.69. The van der Waals surface area contributed by atoms with E-state index in [4.69, 9.17) is 17.2 Å². The summed E-state index contributed by atoms with van der Waals surface area (Å²) in [5.74, 6) is 0. The van der Waals surface area contributed by atoms with Crippen molar-refractivity contribution in [3.05, 3.63) is 0 Å². The van der Waals surface area contributed by atoms with Crippen molar-refractivity contribution in [3.63, 3.8) is 0 Å². The molecule has 61 valence electrons. The van der Waals surface area contributed by atoms with Gasteiger partial charge in [0.15, 0.2) is 0 Å². The maximum atomic E-state index is 6.97. The Morgan fingerprint density at radius 2 is 1.50 bits per heavy atom. The number of nitrogens with two attached hydrogens (primary N) is 2. The molecule has 0 aromatic carbocycles. The van der Waals surface area contributed by atoms with Gasteiger partial charge in [0, 0.05) is 39.3 Å². The predicted octanol–water partition coefficient (Wildman–Crippen LogP) is -1.51. The maximum absolute atomic E-state index is 6.97. The van der Waals surface area contributed by atoms with E-state index in [9.17, 15) is 0 Å². The number of nitrogens with zero attached hydrogens (tertiary/aromatic N) is 1. The Balaban J connectivity index is 3.30. The highest BCUT2D eigenvalue weighted by Crippen LogP contribution is 1.82. The minimum atomic E-state index is 0.431. The van der Waals surface area contributed by atoms with Crippen molar-refractivity contribution < 1.29 is 0 Å². The molecule has 4 nitrogen and oxygen atoms in total. The average Bonchev–Trinajstić information content (AvgIpc) is 1.90. The van der Waals surface area contributed by atoms with Gasteiger partial charge in [-0.1, -0.05) is 0 Å². The second-order valence-corrected chi connectivity index (χ2v) is 2.17. The van der Waals surface area contributed by atoms with E-state index in [-0.39, 0.29) is 0 Å². The van der Waals surface area contributed by atoms with Crippen LogP contribution in [0, 0.1) is 0 Å². The highest BCUT2D eigenvalue weighted by Gasteiger charge is 1.99. The van der Waals surface area contributed by atoms with Crippen molar-refractivity contribution >= 4 is 0 Å². The van der Waals surface area contributed by atoms with E-state index in [0.717, 1.165) is 19.6 Å². The summed E-state index contributed by atoms with van der Waals surface area (Å²) in [5, 5.41) is 0. The summed E-state index contributed by atoms with van der Waals surface area (Å²) < 4.78 is 0. The van der Waals surface area contributed by atoms with E-state index < -0.39 is 0 Å². The van der Waals surface area contributed by atoms with Gasteiger partial charge in [-0.2, -0.15) is 0 Å². The van der Waals surface area contributed by atoms with Gasteiger partial charge in [0.25, 0.3) is 0 Å². The Morgan fingerprint density at radius 1 is 1.00 bits per heavy atom. The van der Waals surface area contributed by atoms with Crippen LogP contribution < -0.4 is 17.2 Å². The Hall–Kier alpha value is -0.160. The zero-order valence-electron chi connectivity index (χ0n) is 6.34. The molecule has 0 aliphatic rings. The van der Waals surface area contributed by atoms with Crippen LogP contribution in [0.4, 0.5) is 0 Å². The molecule has 10 heavy (non-hydrogen) atoms. The molecular weight excluding hydrogens is 128 g/mol. The van der Waals surface area contributed by atoms with E-state index in [1.54, 1.807) is 0 Å². The molecular formula is C6H17N4. The quantitative estimate of drug-likeness (QED) is 0.477. The lowest BCUT2D eigenvalue weighted by atomic mass is 10.4. The molecule has 0 bridgehead atoms. The van der Waals surface area contributed by atoms with E-state index in [0.29, 0.717) is 19.6 Å². The summed E-state index contributed by atoms with van der Waals surface area (Å²) in [7, 11) is 0. The van der Waals surface area contributed by atoms with Gasteiger partial charge in [-0.3, -0.25) is 10.6 Å². The van der Waals surface area contributed by atoms with Gasteiger partial charge >= 0.3 is 0 Å². The van der Waals surface area contributed by atoms with Crippen molar-refractivity contribution in [2.45, 2.75) is 0 Å². The second kappa shape index (κ2) is 6.95. The van der Waals surface area contributed by atoms with Crippen LogP contribution in [0.2, 0.25) is 0 Å². The lowest BCUT2D eigenvalue weighted by Crippen LogP contribution is -2.36. The summed E-state index contributed by atoms with van der Waals surface area (Å²) in [6.07, 6.45) is 0. The Bertz CT molecular complexity index is 52.5. The molecule has 0 rings (SSSR count). The molecule has 0 atom stereocenters. The minimum Gasteiger partial charge on any atom is -0.329 e. The van der Waals surface area contributed by atoms with Crippen LogP contribution in [0.5, 0.6) is 0 Å². The molecule has 4 heteroatoms. The number of rotatable bonds is 6. The van der Waals surface area contributed by atoms with E-state index in [1.807, 2.05) is 0 Å². The lowest BCUT2D eigenvalue weighted by molar-refractivity contribution is 0.296. The third-order valence-electron chi connectivity index (χ3n) is 1.32. The van der Waals surface area contributed by atoms with Crippen molar-refractivity contribution in [1.82, 2.24) is 10.6 Å². The van der Waals surface area contributed by atoms with Crippen LogP contribution >= 0.6 is 0 Å². The Kier molecular flexibility index (Phi) is 6.84. The van der Waals surface area contributed by atoms with Crippen LogP contribution in [0.25, 0.3) is 0 Å². The van der Waals surface area contributed by atoms with Gasteiger partial charge in [-0.05, 0) is 0 Å². The summed E-state index contributed by atoms with van der Waals surface area (Å²) in [4.78, 5) is 2.10. The number of nitrogens with one attached hydrogen (secondary N) is 1. The molecule has 0 fully saturated rings. The summed E-state index contributed by atoms with van der Waals surface area (Å²) in [5.41, 5.74) is 17.7. The van der Waals surface area contributed by atoms with Gasteiger partial charge in [-0.25, -0.2) is 0 Å². The fraction of sp³-hybridized carbons (Fsp3) is 1.00. The van der Waals surface area contributed by atoms with Gasteiger partial charge in [-0.15, -0.1) is 0 Å². The summed E-state index contributed by atoms with van der Waals surface area (Å²) >= 11 is 0. The van der Waals surface area contributed by atoms with Crippen LogP contribution in [-0.4, -0.2) is 44.2 Å². The summed E-state index contributed by atoms with van der Waals surface area (Å²) in [6, 6.07) is 0. The van der Waals surface area contributed by atoms with E-state index >= 15 is 0 Å². The SMILES string of the molecule is [NH]CCN(CCN)CCN. The molecule has 0 spiro atoms. The van der Waals surface area contributed by atoms with Crippen molar-refractivity contribution in [2.75, 3.05) is 39.3 Å². The zero-order valence-corrected chi connectivity index (χ0v) is 6.34. The van der Waals surface area contributed by atoms with Crippen LogP contribution in [0.1, 0.15) is 0 Å². The van der Waals surface area contributed by atoms with Crippen LogP contribution in [0.3, 0.4) is 0 Å². The first kappa shape index (κ1) is 9.84. The van der Waals surface area contributed by atoms with Gasteiger partial charge in [0.2, 0.25) is 0 Å². The molecule has 0 aliphatic heterocycles. The minimum absolute atomic E-state index is 0.431. The normalized spacial score (nSPS) is 10.8. The molecule has 0 saturated heterocycles.